The first-order chi connectivity index (χ1) is 9.88. The molecule has 0 radical (unpaired) electrons. The molecule has 0 spiro atoms. The molecule has 0 saturated heterocycles. The smallest absolute Gasteiger partial charge is 0.354 e. The van der Waals surface area contributed by atoms with Crippen molar-refractivity contribution < 1.29 is 24.2 Å². The summed E-state index contributed by atoms with van der Waals surface area (Å²) in [5.74, 6) is -1.44. The zero-order valence-corrected chi connectivity index (χ0v) is 13.1. The number of hydrogen-bond acceptors (Lipinski definition) is 6. The minimum atomic E-state index is -1.90. The highest BCUT2D eigenvalue weighted by molar-refractivity contribution is 5.90. The standard InChI is InChI=1S/C15H25NO5/c1-5-8-9-10-16-12(13(17)20-6-2)11-15(4,19)14(18)21-7-3/h5,8,11,16,19H,6-7,9-10H2,1-4H3/b8-5+,12-11+. The molecule has 0 bridgehead atoms. The van der Waals surface area contributed by atoms with E-state index in [0.717, 1.165) is 6.08 Å². The molecule has 6 nitrogen and oxygen atoms in total. The predicted octanol–water partition coefficient (Wildman–Crippen LogP) is 1.30. The van der Waals surface area contributed by atoms with Crippen LogP contribution >= 0.6 is 0 Å². The monoisotopic (exact) mass is 299 g/mol. The van der Waals surface area contributed by atoms with E-state index in [1.165, 1.54) is 6.92 Å². The maximum absolute atomic E-state index is 11.8. The number of carbonyl (C=O) groups is 2. The maximum Gasteiger partial charge on any atom is 0.354 e. The summed E-state index contributed by atoms with van der Waals surface area (Å²) < 4.78 is 9.66. The molecule has 0 heterocycles. The van der Waals surface area contributed by atoms with Gasteiger partial charge in [0.05, 0.1) is 13.2 Å². The molecule has 21 heavy (non-hydrogen) atoms. The summed E-state index contributed by atoms with van der Waals surface area (Å²) in [6, 6.07) is 0. The Bertz CT molecular complexity index is 399. The molecule has 2 N–H and O–H groups in total. The second-order valence-electron chi connectivity index (χ2n) is 4.43. The van der Waals surface area contributed by atoms with E-state index >= 15 is 0 Å². The first-order valence-corrected chi connectivity index (χ1v) is 7.03. The molecule has 0 amide bonds. The molecule has 0 aromatic rings. The van der Waals surface area contributed by atoms with Crippen LogP contribution in [0.1, 0.15) is 34.1 Å². The Morgan fingerprint density at radius 3 is 2.38 bits per heavy atom. The molecule has 0 fully saturated rings. The number of aliphatic hydroxyl groups is 1. The van der Waals surface area contributed by atoms with E-state index in [1.54, 1.807) is 13.8 Å². The van der Waals surface area contributed by atoms with Gasteiger partial charge in [-0.1, -0.05) is 12.2 Å². The summed E-state index contributed by atoms with van der Waals surface area (Å²) in [7, 11) is 0. The van der Waals surface area contributed by atoms with Gasteiger partial charge in [0.25, 0.3) is 0 Å². The molecule has 6 heteroatoms. The zero-order chi connectivity index (χ0) is 16.3. The summed E-state index contributed by atoms with van der Waals surface area (Å²) >= 11 is 0. The average Bonchev–Trinajstić information content (AvgIpc) is 2.42. The van der Waals surface area contributed by atoms with Gasteiger partial charge in [-0.25, -0.2) is 9.59 Å². The van der Waals surface area contributed by atoms with Crippen LogP contribution < -0.4 is 5.32 Å². The van der Waals surface area contributed by atoms with E-state index in [-0.39, 0.29) is 18.9 Å². The van der Waals surface area contributed by atoms with Crippen molar-refractivity contribution in [1.82, 2.24) is 5.32 Å². The van der Waals surface area contributed by atoms with Gasteiger partial charge >= 0.3 is 11.9 Å². The Hall–Kier alpha value is -1.82. The van der Waals surface area contributed by atoms with Crippen LogP contribution in [0.3, 0.4) is 0 Å². The molecule has 0 aliphatic heterocycles. The van der Waals surface area contributed by atoms with Crippen molar-refractivity contribution in [1.29, 1.82) is 0 Å². The third-order valence-electron chi connectivity index (χ3n) is 2.47. The highest BCUT2D eigenvalue weighted by atomic mass is 16.5. The minimum absolute atomic E-state index is 0.0411. The van der Waals surface area contributed by atoms with Crippen LogP contribution in [0, 0.1) is 0 Å². The third-order valence-corrected chi connectivity index (χ3v) is 2.47. The molecule has 0 aliphatic rings. The van der Waals surface area contributed by atoms with Crippen molar-refractivity contribution in [3.63, 3.8) is 0 Å². The van der Waals surface area contributed by atoms with E-state index in [2.05, 4.69) is 5.32 Å². The van der Waals surface area contributed by atoms with Crippen molar-refractivity contribution in [3.05, 3.63) is 23.9 Å². The molecule has 0 aromatic carbocycles. The number of ether oxygens (including phenoxy) is 2. The summed E-state index contributed by atoms with van der Waals surface area (Å²) in [5, 5.41) is 13.0. The largest absolute Gasteiger partial charge is 0.464 e. The van der Waals surface area contributed by atoms with Gasteiger partial charge in [-0.3, -0.25) is 0 Å². The summed E-state index contributed by atoms with van der Waals surface area (Å²) in [6.07, 6.45) is 5.65. The average molecular weight is 299 g/mol. The van der Waals surface area contributed by atoms with Crippen LogP contribution in [0.15, 0.2) is 23.9 Å². The van der Waals surface area contributed by atoms with Crippen LogP contribution in [-0.2, 0) is 19.1 Å². The van der Waals surface area contributed by atoms with Crippen molar-refractivity contribution in [3.8, 4) is 0 Å². The maximum atomic E-state index is 11.8. The normalized spacial score (nSPS) is 14.6. The first kappa shape index (κ1) is 19.2. The van der Waals surface area contributed by atoms with Crippen LogP contribution in [-0.4, -0.2) is 42.4 Å². The third kappa shape index (κ3) is 7.51. The van der Waals surface area contributed by atoms with Gasteiger partial charge in [0.1, 0.15) is 5.70 Å². The Morgan fingerprint density at radius 1 is 1.24 bits per heavy atom. The molecular weight excluding hydrogens is 274 g/mol. The fraction of sp³-hybridized carbons (Fsp3) is 0.600. The lowest BCUT2D eigenvalue weighted by Gasteiger charge is -2.19. The van der Waals surface area contributed by atoms with Crippen molar-refractivity contribution in [2.45, 2.75) is 39.7 Å². The molecule has 0 aliphatic carbocycles. The Kier molecular flexibility index (Phi) is 9.12. The lowest BCUT2D eigenvalue weighted by Crippen LogP contribution is -2.37. The van der Waals surface area contributed by atoms with E-state index in [4.69, 9.17) is 9.47 Å². The summed E-state index contributed by atoms with van der Waals surface area (Å²) in [4.78, 5) is 23.5. The Morgan fingerprint density at radius 2 is 1.86 bits per heavy atom. The van der Waals surface area contributed by atoms with Crippen molar-refractivity contribution in [2.75, 3.05) is 19.8 Å². The minimum Gasteiger partial charge on any atom is -0.464 e. The van der Waals surface area contributed by atoms with Crippen LogP contribution in [0.2, 0.25) is 0 Å². The second kappa shape index (κ2) is 9.99. The van der Waals surface area contributed by atoms with Gasteiger partial charge in [0.2, 0.25) is 0 Å². The number of carbonyl (C=O) groups excluding carboxylic acids is 2. The molecule has 0 aromatic heterocycles. The lowest BCUT2D eigenvalue weighted by molar-refractivity contribution is -0.158. The highest BCUT2D eigenvalue weighted by Gasteiger charge is 2.31. The van der Waals surface area contributed by atoms with Gasteiger partial charge in [0, 0.05) is 6.54 Å². The van der Waals surface area contributed by atoms with E-state index < -0.39 is 17.5 Å². The number of rotatable bonds is 9. The van der Waals surface area contributed by atoms with Crippen molar-refractivity contribution in [2.24, 2.45) is 0 Å². The summed E-state index contributed by atoms with van der Waals surface area (Å²) in [5.41, 5.74) is -1.86. The highest BCUT2D eigenvalue weighted by Crippen LogP contribution is 2.12. The van der Waals surface area contributed by atoms with E-state index in [0.29, 0.717) is 13.0 Å². The molecular formula is C15H25NO5. The fourth-order valence-corrected chi connectivity index (χ4v) is 1.46. The topological polar surface area (TPSA) is 84.9 Å². The fourth-order valence-electron chi connectivity index (χ4n) is 1.46. The van der Waals surface area contributed by atoms with E-state index in [1.807, 2.05) is 19.1 Å². The van der Waals surface area contributed by atoms with Crippen LogP contribution in [0.4, 0.5) is 0 Å². The first-order valence-electron chi connectivity index (χ1n) is 7.03. The molecule has 0 saturated carbocycles. The van der Waals surface area contributed by atoms with Gasteiger partial charge in [-0.15, -0.1) is 0 Å². The van der Waals surface area contributed by atoms with Crippen LogP contribution in [0.5, 0.6) is 0 Å². The number of esters is 2. The molecule has 120 valence electrons. The summed E-state index contributed by atoms with van der Waals surface area (Å²) in [6.45, 7) is 7.30. The predicted molar refractivity (Wildman–Crippen MR) is 79.4 cm³/mol. The van der Waals surface area contributed by atoms with Gasteiger partial charge < -0.3 is 19.9 Å². The molecule has 1 unspecified atom stereocenters. The Balaban J connectivity index is 5.02. The van der Waals surface area contributed by atoms with Gasteiger partial charge in [-0.05, 0) is 40.2 Å². The van der Waals surface area contributed by atoms with Crippen molar-refractivity contribution >= 4 is 11.9 Å². The molecule has 0 rings (SSSR count). The van der Waals surface area contributed by atoms with Gasteiger partial charge in [0.15, 0.2) is 5.60 Å². The lowest BCUT2D eigenvalue weighted by atomic mass is 10.1. The van der Waals surface area contributed by atoms with Crippen LogP contribution in [0.25, 0.3) is 0 Å². The quantitative estimate of drug-likeness (QED) is 0.289. The zero-order valence-electron chi connectivity index (χ0n) is 13.1. The number of hydrogen-bond donors (Lipinski definition) is 2. The Labute approximate surface area is 125 Å². The van der Waals surface area contributed by atoms with Gasteiger partial charge in [-0.2, -0.15) is 0 Å². The number of nitrogens with one attached hydrogen (secondary N) is 1. The second-order valence-corrected chi connectivity index (χ2v) is 4.43. The molecule has 1 atom stereocenters. The SMILES string of the molecule is C/C=C/CCN/C(=C/C(C)(O)C(=O)OCC)C(=O)OCC. The van der Waals surface area contributed by atoms with E-state index in [9.17, 15) is 14.7 Å². The number of allylic oxidation sites excluding steroid dienone is 1.